The van der Waals surface area contributed by atoms with Crippen LogP contribution >= 0.6 is 0 Å². The van der Waals surface area contributed by atoms with Crippen LogP contribution < -0.4 is 14.8 Å². The van der Waals surface area contributed by atoms with E-state index in [0.29, 0.717) is 19.1 Å². The maximum absolute atomic E-state index is 12.9. The molecule has 2 aromatic heterocycles. The summed E-state index contributed by atoms with van der Waals surface area (Å²) in [7, 11) is -4.12. The molecule has 0 aromatic carbocycles. The number of nitrogens with zero attached hydrogens (tertiary/aromatic N) is 3. The second-order valence-electron chi connectivity index (χ2n) is 8.19. The van der Waals surface area contributed by atoms with Crippen molar-refractivity contribution < 1.29 is 17.9 Å². The Labute approximate surface area is 175 Å². The zero-order chi connectivity index (χ0) is 20.9. The number of carbonyl (C=O) groups is 1. The molecule has 0 radical (unpaired) electrons. The molecule has 2 aromatic rings. The molecule has 160 valence electrons. The minimum absolute atomic E-state index is 0.114. The van der Waals surface area contributed by atoms with Crippen LogP contribution in [0.2, 0.25) is 0 Å². The van der Waals surface area contributed by atoms with Crippen molar-refractivity contribution in [1.29, 1.82) is 0 Å². The molecular weight excluding hydrogens is 406 g/mol. The lowest BCUT2D eigenvalue weighted by molar-refractivity contribution is 0.157. The highest BCUT2D eigenvalue weighted by atomic mass is 32.2. The number of ether oxygens (including phenoxy) is 1. The first-order valence-corrected chi connectivity index (χ1v) is 12.0. The molecule has 0 bridgehead atoms. The smallest absolute Gasteiger partial charge is 0.333 e. The minimum atomic E-state index is -4.12. The summed E-state index contributed by atoms with van der Waals surface area (Å²) >= 11 is 0. The first-order valence-electron chi connectivity index (χ1n) is 10.5. The van der Waals surface area contributed by atoms with Gasteiger partial charge in [0.15, 0.2) is 4.90 Å². The van der Waals surface area contributed by atoms with Crippen molar-refractivity contribution in [2.24, 2.45) is 5.92 Å². The van der Waals surface area contributed by atoms with E-state index in [0.717, 1.165) is 73.1 Å². The second kappa shape index (κ2) is 7.26. The lowest BCUT2D eigenvalue weighted by atomic mass is 10.1. The number of urea groups is 1. The van der Waals surface area contributed by atoms with Gasteiger partial charge in [-0.25, -0.2) is 22.6 Å². The van der Waals surface area contributed by atoms with E-state index in [-0.39, 0.29) is 10.8 Å². The number of hydrogen-bond donors (Lipinski definition) is 2. The van der Waals surface area contributed by atoms with Crippen LogP contribution in [0, 0.1) is 5.92 Å². The number of sulfonamides is 1. The van der Waals surface area contributed by atoms with E-state index in [4.69, 9.17) is 9.72 Å². The van der Waals surface area contributed by atoms with Gasteiger partial charge < -0.3 is 10.1 Å². The monoisotopic (exact) mass is 431 g/mol. The number of rotatable bonds is 4. The van der Waals surface area contributed by atoms with Crippen molar-refractivity contribution >= 4 is 21.7 Å². The zero-order valence-corrected chi connectivity index (χ0v) is 17.7. The number of carbonyl (C=O) groups excluding carboxylic acids is 1. The van der Waals surface area contributed by atoms with Gasteiger partial charge in [0, 0.05) is 17.3 Å². The fourth-order valence-electron chi connectivity index (χ4n) is 4.61. The maximum atomic E-state index is 12.9. The average Bonchev–Trinajstić information content (AvgIpc) is 3.45. The van der Waals surface area contributed by atoms with Crippen molar-refractivity contribution in [3.8, 4) is 5.88 Å². The number of amides is 2. The lowest BCUT2D eigenvalue weighted by Gasteiger charge is -2.23. The number of fused-ring (bicyclic) bond motifs is 3. The van der Waals surface area contributed by atoms with E-state index in [1.807, 2.05) is 0 Å². The fourth-order valence-corrected chi connectivity index (χ4v) is 5.60. The summed E-state index contributed by atoms with van der Waals surface area (Å²) in [5.74, 6) is 0.478. The lowest BCUT2D eigenvalue weighted by Crippen LogP contribution is -2.35. The Bertz CT molecular complexity index is 1090. The molecule has 3 heterocycles. The first-order chi connectivity index (χ1) is 14.5. The molecule has 10 heteroatoms. The third-order valence-corrected chi connectivity index (χ3v) is 7.54. The molecule has 0 spiro atoms. The first kappa shape index (κ1) is 19.3. The van der Waals surface area contributed by atoms with Gasteiger partial charge in [-0.3, -0.25) is 4.98 Å². The van der Waals surface area contributed by atoms with Crippen molar-refractivity contribution in [2.75, 3.05) is 11.9 Å². The van der Waals surface area contributed by atoms with Gasteiger partial charge in [0.1, 0.15) is 0 Å². The third-order valence-electron chi connectivity index (χ3n) is 6.23. The number of anilines is 1. The van der Waals surface area contributed by atoms with E-state index in [1.54, 1.807) is 4.68 Å². The summed E-state index contributed by atoms with van der Waals surface area (Å²) in [6, 6.07) is -0.772. The van der Waals surface area contributed by atoms with Gasteiger partial charge in [0.05, 0.1) is 25.0 Å². The number of aryl methyl sites for hydroxylation is 2. The third kappa shape index (κ3) is 3.23. The molecule has 1 atom stereocenters. The molecule has 0 saturated heterocycles. The van der Waals surface area contributed by atoms with Crippen LogP contribution in [0.3, 0.4) is 0 Å². The van der Waals surface area contributed by atoms with Crippen LogP contribution in [0.25, 0.3) is 0 Å². The van der Waals surface area contributed by atoms with Gasteiger partial charge in [0.2, 0.25) is 5.88 Å². The van der Waals surface area contributed by atoms with E-state index in [1.165, 1.54) is 6.20 Å². The van der Waals surface area contributed by atoms with Crippen LogP contribution in [-0.4, -0.2) is 35.8 Å². The van der Waals surface area contributed by atoms with Gasteiger partial charge in [-0.05, 0) is 56.1 Å². The van der Waals surface area contributed by atoms with Crippen molar-refractivity contribution in [3.63, 3.8) is 0 Å². The summed E-state index contributed by atoms with van der Waals surface area (Å²) < 4.78 is 35.1. The zero-order valence-electron chi connectivity index (χ0n) is 16.9. The topological polar surface area (TPSA) is 115 Å². The molecule has 30 heavy (non-hydrogen) atoms. The van der Waals surface area contributed by atoms with Gasteiger partial charge >= 0.3 is 6.03 Å². The molecule has 0 saturated carbocycles. The number of nitrogens with one attached hydrogen (secondary N) is 2. The summed E-state index contributed by atoms with van der Waals surface area (Å²) in [5.41, 5.74) is 4.88. The standard InChI is InChI=1S/C20H25N5O4S/c1-2-12-10-25-19(29-11-12)17(9-21-25)30(27,28)24-20(26)23-18-13-5-3-7-15(13)22-16-8-4-6-14(16)18/h9,12H,2-8,10-11H2,1H3,(H2,22,23,24,26). The molecule has 1 unspecified atom stereocenters. The Hall–Kier alpha value is -2.62. The quantitative estimate of drug-likeness (QED) is 0.767. The predicted octanol–water partition coefficient (Wildman–Crippen LogP) is 2.18. The van der Waals surface area contributed by atoms with Crippen LogP contribution in [-0.2, 0) is 42.3 Å². The number of aromatic nitrogens is 3. The Kier molecular flexibility index (Phi) is 4.68. The summed E-state index contributed by atoms with van der Waals surface area (Å²) in [6.07, 6.45) is 7.65. The normalized spacial score (nSPS) is 19.6. The Balaban J connectivity index is 1.38. The van der Waals surface area contributed by atoms with Gasteiger partial charge in [-0.1, -0.05) is 6.92 Å². The van der Waals surface area contributed by atoms with E-state index in [9.17, 15) is 13.2 Å². The van der Waals surface area contributed by atoms with Crippen molar-refractivity contribution in [1.82, 2.24) is 19.5 Å². The molecule has 2 amide bonds. The molecular formula is C20H25N5O4S. The molecule has 9 nitrogen and oxygen atoms in total. The van der Waals surface area contributed by atoms with Gasteiger partial charge in [-0.2, -0.15) is 5.10 Å². The van der Waals surface area contributed by atoms with E-state index in [2.05, 4.69) is 22.1 Å². The summed E-state index contributed by atoms with van der Waals surface area (Å²) in [4.78, 5) is 17.3. The number of pyridine rings is 1. The Morgan fingerprint density at radius 1 is 1.20 bits per heavy atom. The molecule has 2 N–H and O–H groups in total. The Morgan fingerprint density at radius 2 is 1.90 bits per heavy atom. The summed E-state index contributed by atoms with van der Waals surface area (Å²) in [6.45, 7) is 3.09. The van der Waals surface area contributed by atoms with Gasteiger partial charge in [0.25, 0.3) is 10.0 Å². The number of hydrogen-bond acceptors (Lipinski definition) is 6. The van der Waals surface area contributed by atoms with Crippen LogP contribution in [0.5, 0.6) is 5.88 Å². The molecule has 1 aliphatic heterocycles. The highest BCUT2D eigenvalue weighted by molar-refractivity contribution is 7.90. The molecule has 5 rings (SSSR count). The van der Waals surface area contributed by atoms with E-state index < -0.39 is 16.1 Å². The second-order valence-corrected chi connectivity index (χ2v) is 9.84. The highest BCUT2D eigenvalue weighted by Gasteiger charge is 2.32. The predicted molar refractivity (Wildman–Crippen MR) is 109 cm³/mol. The van der Waals surface area contributed by atoms with Crippen molar-refractivity contribution in [3.05, 3.63) is 28.7 Å². The van der Waals surface area contributed by atoms with Crippen molar-refractivity contribution in [2.45, 2.75) is 63.3 Å². The molecule has 3 aliphatic rings. The maximum Gasteiger partial charge on any atom is 0.333 e. The largest absolute Gasteiger partial charge is 0.476 e. The molecule has 2 aliphatic carbocycles. The fraction of sp³-hybridized carbons (Fsp3) is 0.550. The van der Waals surface area contributed by atoms with Crippen LogP contribution in [0.15, 0.2) is 11.1 Å². The van der Waals surface area contributed by atoms with E-state index >= 15 is 0 Å². The van der Waals surface area contributed by atoms with Crippen LogP contribution in [0.1, 0.15) is 48.7 Å². The summed E-state index contributed by atoms with van der Waals surface area (Å²) in [5, 5.41) is 6.96. The average molecular weight is 432 g/mol. The Morgan fingerprint density at radius 3 is 2.57 bits per heavy atom. The van der Waals surface area contributed by atoms with Gasteiger partial charge in [-0.15, -0.1) is 0 Å². The SMILES string of the molecule is CCC1COc2c(S(=O)(=O)NC(=O)Nc3c4c(nc5c3CCC5)CCC4)cnn2C1. The van der Waals surface area contributed by atoms with Crippen LogP contribution in [0.4, 0.5) is 10.5 Å². The highest BCUT2D eigenvalue weighted by Crippen LogP contribution is 2.36. The molecule has 0 fully saturated rings. The minimum Gasteiger partial charge on any atom is -0.476 e.